The van der Waals surface area contributed by atoms with E-state index in [1.54, 1.807) is 7.11 Å². The summed E-state index contributed by atoms with van der Waals surface area (Å²) >= 11 is 0. The molecule has 0 aromatic rings. The maximum Gasteiger partial charge on any atom is 0.182 e. The zero-order valence-corrected chi connectivity index (χ0v) is 8.06. The van der Waals surface area contributed by atoms with Gasteiger partial charge in [-0.05, 0) is 0 Å². The first-order valence-electron chi connectivity index (χ1n) is 4.14. The van der Waals surface area contributed by atoms with Crippen molar-refractivity contribution >= 4 is 0 Å². The molecule has 1 heterocycles. The fourth-order valence-electron chi connectivity index (χ4n) is 1.54. The van der Waals surface area contributed by atoms with Gasteiger partial charge in [0.25, 0.3) is 0 Å². The number of hydrogen-bond acceptors (Lipinski definition) is 4. The monoisotopic (exact) mass is 192 g/mol. The molecule has 13 heavy (non-hydrogen) atoms. The lowest BCUT2D eigenvalue weighted by Gasteiger charge is -2.27. The highest BCUT2D eigenvalue weighted by Gasteiger charge is 2.25. The van der Waals surface area contributed by atoms with Crippen molar-refractivity contribution in [2.75, 3.05) is 34.0 Å². The van der Waals surface area contributed by atoms with Crippen LogP contribution in [0, 0.1) is 15.3 Å². The molecule has 0 spiro atoms. The number of ether oxygens (including phenoxy) is 1. The Hall–Kier alpha value is -0.880. The minimum atomic E-state index is -1.75. The first-order chi connectivity index (χ1) is 6.00. The molecular formula is C7H16N2O4. The van der Waals surface area contributed by atoms with Crippen molar-refractivity contribution in [1.82, 2.24) is 0 Å². The van der Waals surface area contributed by atoms with Crippen LogP contribution in [0.1, 0.15) is 12.8 Å². The second-order valence-corrected chi connectivity index (χ2v) is 3.42. The lowest BCUT2D eigenvalue weighted by Crippen LogP contribution is -2.42. The van der Waals surface area contributed by atoms with Gasteiger partial charge in [-0.15, -0.1) is 0 Å². The van der Waals surface area contributed by atoms with E-state index < -0.39 is 5.09 Å². The number of hydrogen-bond donors (Lipinski definition) is 0. The predicted octanol–water partition coefficient (Wildman–Crippen LogP) is 0.592. The summed E-state index contributed by atoms with van der Waals surface area (Å²) in [7, 11) is 4.04. The molecule has 6 nitrogen and oxygen atoms in total. The first kappa shape index (κ1) is 12.1. The van der Waals surface area contributed by atoms with Crippen LogP contribution >= 0.6 is 0 Å². The Morgan fingerprint density at radius 3 is 2.08 bits per heavy atom. The Labute approximate surface area is 77.4 Å². The minimum Gasteiger partial charge on any atom is -0.356 e. The van der Waals surface area contributed by atoms with Crippen molar-refractivity contribution in [3.8, 4) is 0 Å². The Kier molecular flexibility index (Phi) is 5.33. The van der Waals surface area contributed by atoms with Crippen LogP contribution in [0.15, 0.2) is 0 Å². The fraction of sp³-hybridized carbons (Fsp3) is 1.00. The van der Waals surface area contributed by atoms with Crippen molar-refractivity contribution in [2.24, 2.45) is 0 Å². The van der Waals surface area contributed by atoms with Gasteiger partial charge in [-0.1, -0.05) is 0 Å². The van der Waals surface area contributed by atoms with Crippen LogP contribution in [0.4, 0.5) is 0 Å². The third-order valence-corrected chi connectivity index (χ3v) is 2.09. The summed E-state index contributed by atoms with van der Waals surface area (Å²) in [4.78, 5) is 8.25. The highest BCUT2D eigenvalue weighted by Crippen LogP contribution is 2.14. The highest BCUT2D eigenvalue weighted by molar-refractivity contribution is 4.48. The molecular weight excluding hydrogens is 176 g/mol. The molecule has 0 N–H and O–H groups in total. The smallest absolute Gasteiger partial charge is 0.182 e. The van der Waals surface area contributed by atoms with Crippen molar-refractivity contribution < 1.29 is 14.3 Å². The molecule has 6 heteroatoms. The third-order valence-electron chi connectivity index (χ3n) is 2.09. The van der Waals surface area contributed by atoms with Gasteiger partial charge in [-0.2, -0.15) is 0 Å². The zero-order valence-electron chi connectivity index (χ0n) is 8.06. The average Bonchev–Trinajstić information content (AvgIpc) is 2.35. The predicted molar refractivity (Wildman–Crippen MR) is 47.4 cm³/mol. The first-order valence-corrected chi connectivity index (χ1v) is 4.14. The molecule has 0 bridgehead atoms. The van der Waals surface area contributed by atoms with E-state index >= 15 is 0 Å². The fourth-order valence-corrected chi connectivity index (χ4v) is 1.54. The normalized spacial score (nSPS) is 18.9. The molecule has 0 aliphatic carbocycles. The summed E-state index contributed by atoms with van der Waals surface area (Å²) < 4.78 is 6.22. The molecule has 0 aromatic heterocycles. The van der Waals surface area contributed by atoms with Gasteiger partial charge in [0.1, 0.15) is 0 Å². The molecule has 0 radical (unpaired) electrons. The zero-order chi connectivity index (χ0) is 10.3. The van der Waals surface area contributed by atoms with Gasteiger partial charge in [0.15, 0.2) is 6.73 Å². The summed E-state index contributed by atoms with van der Waals surface area (Å²) in [6, 6.07) is 0. The molecule has 0 amide bonds. The van der Waals surface area contributed by atoms with Crippen molar-refractivity contribution in [3.63, 3.8) is 0 Å². The van der Waals surface area contributed by atoms with E-state index in [9.17, 15) is 0 Å². The molecule has 1 rings (SSSR count). The molecule has 1 aliphatic heterocycles. The van der Waals surface area contributed by atoms with E-state index in [-0.39, 0.29) is 0 Å². The molecule has 1 saturated heterocycles. The molecule has 0 saturated carbocycles. The van der Waals surface area contributed by atoms with E-state index in [4.69, 9.17) is 20.1 Å². The maximum absolute atomic E-state index is 8.25. The molecule has 1 fully saturated rings. The largest absolute Gasteiger partial charge is 0.356 e. The van der Waals surface area contributed by atoms with E-state index in [0.29, 0.717) is 0 Å². The summed E-state index contributed by atoms with van der Waals surface area (Å²) in [6.07, 6.45) is 2.75. The Morgan fingerprint density at radius 2 is 1.77 bits per heavy atom. The second-order valence-electron chi connectivity index (χ2n) is 3.42. The summed E-state index contributed by atoms with van der Waals surface area (Å²) in [5.41, 5.74) is 0. The highest BCUT2D eigenvalue weighted by atomic mass is 16.9. The Bertz CT molecular complexity index is 153. The topological polar surface area (TPSA) is 75.4 Å². The second kappa shape index (κ2) is 5.71. The maximum atomic E-state index is 8.25. The van der Waals surface area contributed by atoms with Crippen molar-refractivity contribution in [3.05, 3.63) is 15.3 Å². The van der Waals surface area contributed by atoms with Crippen LogP contribution in [-0.2, 0) is 4.74 Å². The van der Waals surface area contributed by atoms with Crippen molar-refractivity contribution in [1.29, 1.82) is 0 Å². The van der Waals surface area contributed by atoms with Crippen LogP contribution in [0.5, 0.6) is 0 Å². The van der Waals surface area contributed by atoms with Crippen molar-refractivity contribution in [2.45, 2.75) is 12.8 Å². The molecule has 0 aromatic carbocycles. The van der Waals surface area contributed by atoms with Gasteiger partial charge in [-0.25, -0.2) is 0 Å². The van der Waals surface area contributed by atoms with E-state index in [0.717, 1.165) is 11.2 Å². The summed E-state index contributed by atoms with van der Waals surface area (Å²) in [5, 5.41) is 14.8. The van der Waals surface area contributed by atoms with Crippen LogP contribution in [0.25, 0.3) is 0 Å². The Balaban J connectivity index is 0.000000310. The van der Waals surface area contributed by atoms with Gasteiger partial charge < -0.3 is 24.5 Å². The number of methoxy groups -OCH3 is 1. The number of rotatable bonds is 2. The minimum absolute atomic E-state index is 0.889. The lowest BCUT2D eigenvalue weighted by molar-refractivity contribution is -0.916. The van der Waals surface area contributed by atoms with Gasteiger partial charge in [0, 0.05) is 20.0 Å². The quantitative estimate of drug-likeness (QED) is 0.364. The number of nitrogens with zero attached hydrogens (tertiary/aromatic N) is 2. The average molecular weight is 192 g/mol. The lowest BCUT2D eigenvalue weighted by atomic mass is 10.4. The van der Waals surface area contributed by atoms with Gasteiger partial charge >= 0.3 is 0 Å². The molecule has 1 aliphatic rings. The van der Waals surface area contributed by atoms with Crippen LogP contribution in [0.3, 0.4) is 0 Å². The standard InChI is InChI=1S/C7H16NO.NO3/c1-8(7-9-2)5-3-4-6-8;2-1(3)4/h3-7H2,1-2H3;/q+1;-1. The van der Waals surface area contributed by atoms with Crippen LogP contribution in [0.2, 0.25) is 0 Å². The van der Waals surface area contributed by atoms with Gasteiger partial charge in [0.2, 0.25) is 0 Å². The third kappa shape index (κ3) is 6.30. The van der Waals surface area contributed by atoms with Gasteiger partial charge in [-0.3, -0.25) is 0 Å². The molecule has 0 atom stereocenters. The van der Waals surface area contributed by atoms with Crippen LogP contribution in [-0.4, -0.2) is 43.5 Å². The Morgan fingerprint density at radius 1 is 1.38 bits per heavy atom. The summed E-state index contributed by atoms with van der Waals surface area (Å²) in [5.74, 6) is 0. The van der Waals surface area contributed by atoms with E-state index in [1.165, 1.54) is 25.9 Å². The number of likely N-dealkylation sites (tertiary alicyclic amines) is 1. The SMILES string of the molecule is COC[N+]1(C)CCCC1.O=[N+]([O-])[O-]. The molecule has 78 valence electrons. The van der Waals surface area contributed by atoms with Crippen LogP contribution < -0.4 is 0 Å². The van der Waals surface area contributed by atoms with E-state index in [1.807, 2.05) is 0 Å². The van der Waals surface area contributed by atoms with Gasteiger partial charge in [0.05, 0.1) is 25.2 Å². The molecule has 0 unspecified atom stereocenters. The number of quaternary nitrogens is 1. The van der Waals surface area contributed by atoms with E-state index in [2.05, 4.69) is 7.05 Å². The summed E-state index contributed by atoms with van der Waals surface area (Å²) in [6.45, 7) is 3.49.